The molecule has 0 saturated carbocycles. The van der Waals surface area contributed by atoms with E-state index >= 15 is 0 Å². The smallest absolute Gasteiger partial charge is 0.269 e. The molecule has 0 radical (unpaired) electrons. The summed E-state index contributed by atoms with van der Waals surface area (Å²) in [6.07, 6.45) is 3.44. The minimum Gasteiger partial charge on any atom is -0.497 e. The van der Waals surface area contributed by atoms with Crippen molar-refractivity contribution >= 4 is 11.0 Å². The lowest BCUT2D eigenvalue weighted by Gasteiger charge is -2.32. The summed E-state index contributed by atoms with van der Waals surface area (Å²) in [7, 11) is 1.63. The first-order chi connectivity index (χ1) is 11.1. The molecule has 2 N–H and O–H groups in total. The number of methoxy groups -OCH3 is 1. The van der Waals surface area contributed by atoms with E-state index in [1.54, 1.807) is 7.11 Å². The zero-order valence-corrected chi connectivity index (χ0v) is 13.7. The topological polar surface area (TPSA) is 73.4 Å². The van der Waals surface area contributed by atoms with Crippen LogP contribution in [0.5, 0.6) is 5.75 Å². The van der Waals surface area contributed by atoms with E-state index in [2.05, 4.69) is 16.8 Å². The Kier molecular flexibility index (Phi) is 4.63. The number of hydrogen-bond acceptors (Lipinski definition) is 5. The van der Waals surface area contributed by atoms with Gasteiger partial charge >= 0.3 is 0 Å². The van der Waals surface area contributed by atoms with E-state index in [4.69, 9.17) is 10.5 Å². The van der Waals surface area contributed by atoms with Crippen LogP contribution in [0.4, 0.5) is 0 Å². The molecule has 2 heterocycles. The third kappa shape index (κ3) is 3.38. The van der Waals surface area contributed by atoms with Gasteiger partial charge in [-0.15, -0.1) is 0 Å². The maximum absolute atomic E-state index is 12.4. The van der Waals surface area contributed by atoms with Crippen LogP contribution in [-0.4, -0.2) is 47.2 Å². The predicted octanol–water partition coefficient (Wildman–Crippen LogP) is 1.39. The van der Waals surface area contributed by atoms with Crippen molar-refractivity contribution in [3.05, 3.63) is 34.7 Å². The molecule has 1 aliphatic heterocycles. The molecular weight excluding hydrogens is 292 g/mol. The Hall–Kier alpha value is -1.92. The van der Waals surface area contributed by atoms with Crippen molar-refractivity contribution in [3.8, 4) is 5.75 Å². The van der Waals surface area contributed by atoms with Gasteiger partial charge in [0.25, 0.3) is 5.56 Å². The Balaban J connectivity index is 1.91. The molecule has 3 rings (SSSR count). The fraction of sp³-hybridized carbons (Fsp3) is 0.529. The van der Waals surface area contributed by atoms with Crippen LogP contribution in [-0.2, 0) is 0 Å². The third-order valence-electron chi connectivity index (χ3n) is 4.59. The van der Waals surface area contributed by atoms with Crippen LogP contribution in [0, 0.1) is 0 Å². The van der Waals surface area contributed by atoms with Gasteiger partial charge in [0, 0.05) is 24.7 Å². The SMILES string of the molecule is COc1ccc2ncc(=O)n(C(C)CN3CCC(N)CC3)c2c1. The fourth-order valence-corrected chi connectivity index (χ4v) is 3.28. The number of ether oxygens (including phenoxy) is 1. The average Bonchev–Trinajstić information content (AvgIpc) is 2.56. The molecule has 1 saturated heterocycles. The second-order valence-corrected chi connectivity index (χ2v) is 6.31. The summed E-state index contributed by atoms with van der Waals surface area (Å²) in [5.41, 5.74) is 7.51. The Bertz CT molecular complexity index is 735. The van der Waals surface area contributed by atoms with Gasteiger partial charge in [-0.3, -0.25) is 4.79 Å². The summed E-state index contributed by atoms with van der Waals surface area (Å²) in [5, 5.41) is 0. The van der Waals surface area contributed by atoms with Gasteiger partial charge in [0.1, 0.15) is 5.75 Å². The molecule has 0 amide bonds. The zero-order valence-electron chi connectivity index (χ0n) is 13.7. The van der Waals surface area contributed by atoms with Crippen molar-refractivity contribution in [3.63, 3.8) is 0 Å². The van der Waals surface area contributed by atoms with Gasteiger partial charge in [0.15, 0.2) is 0 Å². The van der Waals surface area contributed by atoms with E-state index < -0.39 is 0 Å². The Labute approximate surface area is 135 Å². The maximum Gasteiger partial charge on any atom is 0.269 e. The van der Waals surface area contributed by atoms with E-state index in [1.165, 1.54) is 6.20 Å². The summed E-state index contributed by atoms with van der Waals surface area (Å²) in [6.45, 7) is 4.90. The van der Waals surface area contributed by atoms with E-state index in [0.29, 0.717) is 6.04 Å². The third-order valence-corrected chi connectivity index (χ3v) is 4.59. The zero-order chi connectivity index (χ0) is 16.4. The lowest BCUT2D eigenvalue weighted by molar-refractivity contribution is 0.189. The summed E-state index contributed by atoms with van der Waals surface area (Å²) in [4.78, 5) is 19.0. The monoisotopic (exact) mass is 316 g/mol. The van der Waals surface area contributed by atoms with Gasteiger partial charge in [-0.1, -0.05) is 0 Å². The van der Waals surface area contributed by atoms with Crippen LogP contribution in [0.3, 0.4) is 0 Å². The van der Waals surface area contributed by atoms with Crippen molar-refractivity contribution in [2.24, 2.45) is 5.73 Å². The van der Waals surface area contributed by atoms with Crippen LogP contribution in [0.2, 0.25) is 0 Å². The average molecular weight is 316 g/mol. The first kappa shape index (κ1) is 16.0. The van der Waals surface area contributed by atoms with Crippen LogP contribution < -0.4 is 16.0 Å². The highest BCUT2D eigenvalue weighted by atomic mass is 16.5. The number of nitrogens with zero attached hydrogens (tertiary/aromatic N) is 3. The van der Waals surface area contributed by atoms with Crippen LogP contribution in [0.1, 0.15) is 25.8 Å². The molecule has 0 spiro atoms. The standard InChI is InChI=1S/C17H24N4O2/c1-12(11-20-7-5-13(18)6-8-20)21-16-9-14(23-2)3-4-15(16)19-10-17(21)22/h3-4,9-10,12-13H,5-8,11,18H2,1-2H3. The number of likely N-dealkylation sites (tertiary alicyclic amines) is 1. The van der Waals surface area contributed by atoms with Crippen molar-refractivity contribution in [2.75, 3.05) is 26.7 Å². The predicted molar refractivity (Wildman–Crippen MR) is 90.9 cm³/mol. The molecule has 1 unspecified atom stereocenters. The highest BCUT2D eigenvalue weighted by Crippen LogP contribution is 2.21. The van der Waals surface area contributed by atoms with Crippen LogP contribution >= 0.6 is 0 Å². The van der Waals surface area contributed by atoms with Crippen molar-refractivity contribution in [1.29, 1.82) is 0 Å². The van der Waals surface area contributed by atoms with Gasteiger partial charge in [0.05, 0.1) is 24.3 Å². The van der Waals surface area contributed by atoms with Crippen molar-refractivity contribution < 1.29 is 4.74 Å². The molecule has 23 heavy (non-hydrogen) atoms. The molecule has 1 atom stereocenters. The highest BCUT2D eigenvalue weighted by Gasteiger charge is 2.20. The molecule has 0 bridgehead atoms. The summed E-state index contributed by atoms with van der Waals surface area (Å²) in [6, 6.07) is 6.01. The fourth-order valence-electron chi connectivity index (χ4n) is 3.28. The Morgan fingerprint density at radius 1 is 1.39 bits per heavy atom. The maximum atomic E-state index is 12.4. The van der Waals surface area contributed by atoms with Crippen LogP contribution in [0.15, 0.2) is 29.2 Å². The minimum atomic E-state index is -0.0769. The highest BCUT2D eigenvalue weighted by molar-refractivity contribution is 5.76. The molecule has 1 aromatic heterocycles. The summed E-state index contributed by atoms with van der Waals surface area (Å²) >= 11 is 0. The number of hydrogen-bond donors (Lipinski definition) is 1. The van der Waals surface area contributed by atoms with Crippen LogP contribution in [0.25, 0.3) is 11.0 Å². The van der Waals surface area contributed by atoms with Gasteiger partial charge in [-0.25, -0.2) is 4.98 Å². The number of benzene rings is 1. The molecule has 6 heteroatoms. The van der Waals surface area contributed by atoms with Gasteiger partial charge < -0.3 is 19.9 Å². The molecule has 1 aromatic carbocycles. The van der Waals surface area contributed by atoms with E-state index in [0.717, 1.165) is 49.3 Å². The lowest BCUT2D eigenvalue weighted by atomic mass is 10.1. The second kappa shape index (κ2) is 6.68. The number of piperidine rings is 1. The number of fused-ring (bicyclic) bond motifs is 1. The lowest BCUT2D eigenvalue weighted by Crippen LogP contribution is -2.42. The van der Waals surface area contributed by atoms with Gasteiger partial charge in [-0.05, 0) is 45.0 Å². The number of aromatic nitrogens is 2. The quantitative estimate of drug-likeness (QED) is 0.923. The molecular formula is C17H24N4O2. The van der Waals surface area contributed by atoms with E-state index in [9.17, 15) is 4.79 Å². The second-order valence-electron chi connectivity index (χ2n) is 6.31. The molecule has 1 fully saturated rings. The first-order valence-corrected chi connectivity index (χ1v) is 8.11. The van der Waals surface area contributed by atoms with Gasteiger partial charge in [0.2, 0.25) is 0 Å². The Morgan fingerprint density at radius 3 is 2.83 bits per heavy atom. The summed E-state index contributed by atoms with van der Waals surface area (Å²) < 4.78 is 7.11. The number of rotatable bonds is 4. The molecule has 0 aliphatic carbocycles. The largest absolute Gasteiger partial charge is 0.497 e. The number of nitrogens with two attached hydrogens (primary N) is 1. The summed E-state index contributed by atoms with van der Waals surface area (Å²) in [5.74, 6) is 0.731. The van der Waals surface area contributed by atoms with Gasteiger partial charge in [-0.2, -0.15) is 0 Å². The Morgan fingerprint density at radius 2 is 2.13 bits per heavy atom. The first-order valence-electron chi connectivity index (χ1n) is 8.11. The van der Waals surface area contributed by atoms with Crippen molar-refractivity contribution in [1.82, 2.24) is 14.5 Å². The normalized spacial score (nSPS) is 18.2. The molecule has 2 aromatic rings. The minimum absolute atomic E-state index is 0.0643. The molecule has 1 aliphatic rings. The molecule has 6 nitrogen and oxygen atoms in total. The van der Waals surface area contributed by atoms with E-state index in [-0.39, 0.29) is 11.6 Å². The van der Waals surface area contributed by atoms with E-state index in [1.807, 2.05) is 22.8 Å². The molecule has 124 valence electrons. The van der Waals surface area contributed by atoms with Crippen molar-refractivity contribution in [2.45, 2.75) is 31.8 Å².